The van der Waals surface area contributed by atoms with Crippen LogP contribution in [0.3, 0.4) is 0 Å². The largest absolute Gasteiger partial charge is 0.444 e. The second-order valence-corrected chi connectivity index (χ2v) is 6.25. The van der Waals surface area contributed by atoms with Crippen LogP contribution < -0.4 is 5.32 Å². The molecule has 116 valence electrons. The van der Waals surface area contributed by atoms with E-state index in [9.17, 15) is 4.79 Å². The maximum Gasteiger partial charge on any atom is 0.407 e. The van der Waals surface area contributed by atoms with Crippen LogP contribution in [0.5, 0.6) is 0 Å². The maximum absolute atomic E-state index is 11.6. The average Bonchev–Trinajstić information content (AvgIpc) is 2.39. The van der Waals surface area contributed by atoms with Crippen LogP contribution in [-0.2, 0) is 4.74 Å². The van der Waals surface area contributed by atoms with Crippen molar-refractivity contribution in [2.75, 3.05) is 6.54 Å². The van der Waals surface area contributed by atoms with Crippen LogP contribution in [0.4, 0.5) is 4.79 Å². The van der Waals surface area contributed by atoms with Crippen LogP contribution in [0, 0.1) is 16.7 Å². The van der Waals surface area contributed by atoms with Gasteiger partial charge in [-0.25, -0.2) is 4.79 Å². The maximum atomic E-state index is 11.6. The zero-order valence-corrected chi connectivity index (χ0v) is 13.7. The average molecular weight is 282 g/mol. The fourth-order valence-corrected chi connectivity index (χ4v) is 2.46. The van der Waals surface area contributed by atoms with E-state index in [0.29, 0.717) is 13.0 Å². The Morgan fingerprint density at radius 1 is 1.25 bits per heavy atom. The molecule has 1 N–H and O–H groups in total. The smallest absolute Gasteiger partial charge is 0.407 e. The number of nitrogens with one attached hydrogen (secondary N) is 1. The number of nitriles is 1. The lowest BCUT2D eigenvalue weighted by molar-refractivity contribution is 0.0484. The fourth-order valence-electron chi connectivity index (χ4n) is 2.46. The summed E-state index contributed by atoms with van der Waals surface area (Å²) in [6, 6.07) is 2.26. The van der Waals surface area contributed by atoms with Crippen molar-refractivity contribution in [3.63, 3.8) is 0 Å². The van der Waals surface area contributed by atoms with Gasteiger partial charge in [-0.15, -0.1) is 0 Å². The molecule has 1 rings (SSSR count). The molecule has 0 aromatic carbocycles. The summed E-state index contributed by atoms with van der Waals surface area (Å²) in [5.41, 5.74) is -0.511. The monoisotopic (exact) mass is 282 g/mol. The van der Waals surface area contributed by atoms with Gasteiger partial charge in [0.1, 0.15) is 5.60 Å². The van der Waals surface area contributed by atoms with E-state index >= 15 is 0 Å². The van der Waals surface area contributed by atoms with Crippen molar-refractivity contribution >= 4 is 6.09 Å². The van der Waals surface area contributed by atoms with E-state index in [2.05, 4.69) is 11.4 Å². The Kier molecular flexibility index (Phi) is 8.29. The van der Waals surface area contributed by atoms with Crippen molar-refractivity contribution in [2.24, 2.45) is 5.41 Å². The Morgan fingerprint density at radius 2 is 1.80 bits per heavy atom. The molecule has 0 aromatic heterocycles. The van der Waals surface area contributed by atoms with Gasteiger partial charge in [0.15, 0.2) is 0 Å². The van der Waals surface area contributed by atoms with Crippen LogP contribution in [0.15, 0.2) is 0 Å². The van der Waals surface area contributed by atoms with E-state index in [-0.39, 0.29) is 11.5 Å². The molecule has 0 radical (unpaired) electrons. The Balaban J connectivity index is 0.00000172. The molecular weight excluding hydrogens is 252 g/mol. The van der Waals surface area contributed by atoms with Crippen molar-refractivity contribution in [1.82, 2.24) is 5.32 Å². The summed E-state index contributed by atoms with van der Waals surface area (Å²) in [6.07, 6.45) is 5.72. The standard InChI is InChI=1S/C14H24N2O2.C2H6/c1-13(2,3)18-12(17)16-11-14(9-10-15)7-5-4-6-8-14;1-2/h4-9,11H2,1-3H3,(H,16,17);1-2H3. The lowest BCUT2D eigenvalue weighted by Gasteiger charge is -2.35. The highest BCUT2D eigenvalue weighted by Crippen LogP contribution is 2.38. The quantitative estimate of drug-likeness (QED) is 0.834. The Morgan fingerprint density at radius 3 is 2.25 bits per heavy atom. The van der Waals surface area contributed by atoms with Gasteiger partial charge >= 0.3 is 6.09 Å². The van der Waals surface area contributed by atoms with Crippen molar-refractivity contribution in [3.8, 4) is 6.07 Å². The molecule has 1 amide bonds. The minimum atomic E-state index is -0.473. The van der Waals surface area contributed by atoms with Crippen molar-refractivity contribution < 1.29 is 9.53 Å². The third kappa shape index (κ3) is 7.37. The second-order valence-electron chi connectivity index (χ2n) is 6.25. The highest BCUT2D eigenvalue weighted by Gasteiger charge is 2.32. The Hall–Kier alpha value is -1.24. The molecule has 0 heterocycles. The molecule has 1 fully saturated rings. The summed E-state index contributed by atoms with van der Waals surface area (Å²) in [5.74, 6) is 0. The number of alkyl carbamates (subject to hydrolysis) is 1. The van der Waals surface area contributed by atoms with E-state index in [0.717, 1.165) is 25.7 Å². The van der Waals surface area contributed by atoms with Gasteiger partial charge in [-0.1, -0.05) is 33.1 Å². The summed E-state index contributed by atoms with van der Waals surface area (Å²) in [5, 5.41) is 11.8. The van der Waals surface area contributed by atoms with Crippen LogP contribution in [0.2, 0.25) is 0 Å². The van der Waals surface area contributed by atoms with Gasteiger partial charge in [-0.2, -0.15) is 5.26 Å². The Labute approximate surface area is 123 Å². The normalized spacial score (nSPS) is 17.2. The van der Waals surface area contributed by atoms with Gasteiger partial charge < -0.3 is 10.1 Å². The van der Waals surface area contributed by atoms with Gasteiger partial charge in [0.05, 0.1) is 6.07 Å². The molecule has 0 aliphatic heterocycles. The van der Waals surface area contributed by atoms with Gasteiger partial charge in [0, 0.05) is 18.4 Å². The first-order valence-corrected chi connectivity index (χ1v) is 7.71. The number of carbonyl (C=O) groups excluding carboxylic acids is 1. The molecule has 0 aromatic rings. The predicted molar refractivity (Wildman–Crippen MR) is 81.3 cm³/mol. The highest BCUT2D eigenvalue weighted by molar-refractivity contribution is 5.67. The number of amides is 1. The van der Waals surface area contributed by atoms with Crippen LogP contribution in [-0.4, -0.2) is 18.2 Å². The third-order valence-corrected chi connectivity index (χ3v) is 3.37. The van der Waals surface area contributed by atoms with Crippen LogP contribution in [0.1, 0.15) is 73.1 Å². The zero-order chi connectivity index (χ0) is 15.6. The summed E-state index contributed by atoms with van der Waals surface area (Å²) < 4.78 is 5.22. The van der Waals surface area contributed by atoms with Gasteiger partial charge in [-0.3, -0.25) is 0 Å². The van der Waals surface area contributed by atoms with Crippen molar-refractivity contribution in [1.29, 1.82) is 5.26 Å². The predicted octanol–water partition coefficient (Wildman–Crippen LogP) is 4.40. The number of rotatable bonds is 3. The zero-order valence-electron chi connectivity index (χ0n) is 13.7. The van der Waals surface area contributed by atoms with Crippen LogP contribution in [0.25, 0.3) is 0 Å². The van der Waals surface area contributed by atoms with Crippen molar-refractivity contribution in [3.05, 3.63) is 0 Å². The number of hydrogen-bond acceptors (Lipinski definition) is 3. The third-order valence-electron chi connectivity index (χ3n) is 3.37. The first-order chi connectivity index (χ1) is 9.37. The molecule has 0 bridgehead atoms. The molecule has 4 nitrogen and oxygen atoms in total. The molecule has 20 heavy (non-hydrogen) atoms. The van der Waals surface area contributed by atoms with E-state index in [4.69, 9.17) is 10.00 Å². The first kappa shape index (κ1) is 18.8. The minimum Gasteiger partial charge on any atom is -0.444 e. The SMILES string of the molecule is CC.CC(C)(C)OC(=O)NCC1(CC#N)CCCCC1. The molecule has 1 saturated carbocycles. The molecule has 0 saturated heterocycles. The number of hydrogen-bond donors (Lipinski definition) is 1. The second kappa shape index (κ2) is 8.84. The number of carbonyl (C=O) groups is 1. The fraction of sp³-hybridized carbons (Fsp3) is 0.875. The summed E-state index contributed by atoms with van der Waals surface area (Å²) in [7, 11) is 0. The van der Waals surface area contributed by atoms with E-state index in [1.54, 1.807) is 0 Å². The summed E-state index contributed by atoms with van der Waals surface area (Å²) >= 11 is 0. The van der Waals surface area contributed by atoms with Crippen molar-refractivity contribution in [2.45, 2.75) is 78.7 Å². The molecule has 1 aliphatic carbocycles. The highest BCUT2D eigenvalue weighted by atomic mass is 16.6. The number of nitrogens with zero attached hydrogens (tertiary/aromatic N) is 1. The van der Waals surface area contributed by atoms with E-state index in [1.807, 2.05) is 34.6 Å². The number of ether oxygens (including phenoxy) is 1. The van der Waals surface area contributed by atoms with Gasteiger partial charge in [0.2, 0.25) is 0 Å². The molecule has 0 spiro atoms. The minimum absolute atomic E-state index is 0.0378. The van der Waals surface area contributed by atoms with Gasteiger partial charge in [-0.05, 0) is 33.6 Å². The van der Waals surface area contributed by atoms with E-state index in [1.165, 1.54) is 6.42 Å². The van der Waals surface area contributed by atoms with E-state index < -0.39 is 5.60 Å². The lowest BCUT2D eigenvalue weighted by atomic mass is 9.72. The first-order valence-electron chi connectivity index (χ1n) is 7.71. The summed E-state index contributed by atoms with van der Waals surface area (Å²) in [4.78, 5) is 11.6. The molecule has 4 heteroatoms. The molecule has 1 aliphatic rings. The molecule has 0 atom stereocenters. The lowest BCUT2D eigenvalue weighted by Crippen LogP contribution is -2.41. The Bertz CT molecular complexity index is 320. The molecular formula is C16H30N2O2. The topological polar surface area (TPSA) is 62.1 Å². The van der Waals surface area contributed by atoms with Crippen LogP contribution >= 0.6 is 0 Å². The van der Waals surface area contributed by atoms with Gasteiger partial charge in [0.25, 0.3) is 0 Å². The molecule has 0 unspecified atom stereocenters. The summed E-state index contributed by atoms with van der Waals surface area (Å²) in [6.45, 7) is 10.1.